The lowest BCUT2D eigenvalue weighted by molar-refractivity contribution is -0.136. The van der Waals surface area contributed by atoms with Crippen LogP contribution in [0.4, 0.5) is 5.69 Å². The van der Waals surface area contributed by atoms with Crippen LogP contribution in [0.2, 0.25) is 0 Å². The van der Waals surface area contributed by atoms with E-state index >= 15 is 0 Å². The number of carbonyl (C=O) groups excluding carboxylic acids is 1. The maximum atomic E-state index is 12.7. The van der Waals surface area contributed by atoms with Crippen molar-refractivity contribution in [1.82, 2.24) is 0 Å². The normalized spacial score (nSPS) is 10.7. The van der Waals surface area contributed by atoms with Crippen molar-refractivity contribution in [2.75, 3.05) is 11.9 Å². The summed E-state index contributed by atoms with van der Waals surface area (Å²) >= 11 is 0. The predicted octanol–water partition coefficient (Wildman–Crippen LogP) is 3.28. The van der Waals surface area contributed by atoms with Gasteiger partial charge in [0.1, 0.15) is 17.9 Å². The van der Waals surface area contributed by atoms with E-state index in [9.17, 15) is 9.59 Å². The molecule has 0 bridgehead atoms. The highest BCUT2D eigenvalue weighted by atomic mass is 16.5. The summed E-state index contributed by atoms with van der Waals surface area (Å²) in [5.41, 5.74) is 1.59. The van der Waals surface area contributed by atoms with Crippen LogP contribution in [0.1, 0.15) is 35.5 Å². The van der Waals surface area contributed by atoms with Crippen LogP contribution in [0.25, 0.3) is 0 Å². The molecule has 1 aromatic heterocycles. The van der Waals surface area contributed by atoms with E-state index in [1.54, 1.807) is 38.2 Å². The number of hydrogen-bond donors (Lipinski definition) is 1. The molecule has 0 aliphatic rings. The van der Waals surface area contributed by atoms with Crippen molar-refractivity contribution in [3.8, 4) is 5.75 Å². The van der Waals surface area contributed by atoms with Gasteiger partial charge in [0.25, 0.3) is 5.91 Å². The summed E-state index contributed by atoms with van der Waals surface area (Å²) in [6, 6.07) is 7.14. The molecule has 0 radical (unpaired) electrons. The van der Waals surface area contributed by atoms with Crippen LogP contribution in [0.15, 0.2) is 34.9 Å². The van der Waals surface area contributed by atoms with E-state index in [0.717, 1.165) is 5.75 Å². The molecule has 0 spiro atoms. The Morgan fingerprint density at radius 1 is 1.25 bits per heavy atom. The molecule has 0 atom stereocenters. The topological polar surface area (TPSA) is 80.0 Å². The van der Waals surface area contributed by atoms with Gasteiger partial charge >= 0.3 is 5.97 Å². The fraction of sp³-hybridized carbons (Fsp3) is 0.333. The number of ether oxygens (including phenoxy) is 1. The molecule has 2 rings (SSSR count). The van der Waals surface area contributed by atoms with Crippen molar-refractivity contribution in [2.45, 2.75) is 33.3 Å². The highest BCUT2D eigenvalue weighted by molar-refractivity contribution is 6.07. The van der Waals surface area contributed by atoms with Crippen LogP contribution < -0.4 is 9.64 Å². The van der Waals surface area contributed by atoms with Crippen molar-refractivity contribution >= 4 is 17.6 Å². The number of rotatable bonds is 6. The number of anilines is 1. The molecule has 1 aromatic carbocycles. The van der Waals surface area contributed by atoms with Crippen LogP contribution in [-0.2, 0) is 11.2 Å². The first-order chi connectivity index (χ1) is 11.3. The third kappa shape index (κ3) is 3.95. The van der Waals surface area contributed by atoms with Gasteiger partial charge in [-0.05, 0) is 45.0 Å². The fourth-order valence-corrected chi connectivity index (χ4v) is 2.36. The van der Waals surface area contributed by atoms with Gasteiger partial charge in [0.15, 0.2) is 0 Å². The Kier molecular flexibility index (Phi) is 5.28. The van der Waals surface area contributed by atoms with E-state index in [2.05, 4.69) is 0 Å². The van der Waals surface area contributed by atoms with Crippen LogP contribution in [0.3, 0.4) is 0 Å². The molecule has 6 heteroatoms. The average molecular weight is 331 g/mol. The maximum absolute atomic E-state index is 12.7. The fourth-order valence-electron chi connectivity index (χ4n) is 2.36. The highest BCUT2D eigenvalue weighted by Gasteiger charge is 2.24. The highest BCUT2D eigenvalue weighted by Crippen LogP contribution is 2.24. The molecule has 0 fully saturated rings. The van der Waals surface area contributed by atoms with Gasteiger partial charge in [0.2, 0.25) is 0 Å². The van der Waals surface area contributed by atoms with E-state index in [1.165, 1.54) is 11.2 Å². The SMILES string of the molecule is Cc1coc(CC(=O)O)c1C(=O)N(C)c1ccc(OC(C)C)cc1. The first kappa shape index (κ1) is 17.6. The number of nitrogens with zero attached hydrogens (tertiary/aromatic N) is 1. The van der Waals surface area contributed by atoms with E-state index in [-0.39, 0.29) is 24.2 Å². The molecule has 24 heavy (non-hydrogen) atoms. The Morgan fingerprint density at radius 2 is 1.88 bits per heavy atom. The van der Waals surface area contributed by atoms with Gasteiger partial charge in [-0.3, -0.25) is 9.59 Å². The number of hydrogen-bond acceptors (Lipinski definition) is 4. The molecule has 2 aromatic rings. The van der Waals surface area contributed by atoms with Crippen LogP contribution >= 0.6 is 0 Å². The minimum atomic E-state index is -1.05. The van der Waals surface area contributed by atoms with Gasteiger partial charge in [-0.15, -0.1) is 0 Å². The summed E-state index contributed by atoms with van der Waals surface area (Å²) < 4.78 is 10.8. The number of furan rings is 1. The second-order valence-electron chi connectivity index (χ2n) is 5.81. The minimum absolute atomic E-state index is 0.0716. The molecule has 1 heterocycles. The molecular weight excluding hydrogens is 310 g/mol. The maximum Gasteiger partial charge on any atom is 0.311 e. The van der Waals surface area contributed by atoms with Crippen LogP contribution in [0.5, 0.6) is 5.75 Å². The number of aliphatic carboxylic acids is 1. The Balaban J connectivity index is 2.23. The number of benzene rings is 1. The third-order valence-corrected chi connectivity index (χ3v) is 3.48. The van der Waals surface area contributed by atoms with Gasteiger partial charge < -0.3 is 19.2 Å². The monoisotopic (exact) mass is 331 g/mol. The molecule has 0 aliphatic heterocycles. The molecule has 0 saturated heterocycles. The molecule has 6 nitrogen and oxygen atoms in total. The van der Waals surface area contributed by atoms with Crippen molar-refractivity contribution < 1.29 is 23.8 Å². The second-order valence-corrected chi connectivity index (χ2v) is 5.81. The largest absolute Gasteiger partial charge is 0.491 e. The van der Waals surface area contributed by atoms with Crippen LogP contribution in [0, 0.1) is 6.92 Å². The standard InChI is InChI=1S/C18H21NO5/c1-11(2)24-14-7-5-13(6-8-14)19(4)18(22)17-12(3)10-23-15(17)9-16(20)21/h5-8,10-11H,9H2,1-4H3,(H,20,21). The Morgan fingerprint density at radius 3 is 2.42 bits per heavy atom. The van der Waals surface area contributed by atoms with Crippen molar-refractivity contribution in [3.63, 3.8) is 0 Å². The van der Waals surface area contributed by atoms with Gasteiger partial charge in [-0.1, -0.05) is 0 Å². The lowest BCUT2D eigenvalue weighted by Gasteiger charge is -2.18. The van der Waals surface area contributed by atoms with E-state index in [4.69, 9.17) is 14.3 Å². The zero-order chi connectivity index (χ0) is 17.9. The molecule has 1 amide bonds. The molecule has 0 saturated carbocycles. The quantitative estimate of drug-likeness (QED) is 0.878. The van der Waals surface area contributed by atoms with Crippen molar-refractivity contribution in [3.05, 3.63) is 47.4 Å². The van der Waals surface area contributed by atoms with Gasteiger partial charge in [0.05, 0.1) is 17.9 Å². The van der Waals surface area contributed by atoms with Gasteiger partial charge in [-0.2, -0.15) is 0 Å². The van der Waals surface area contributed by atoms with Gasteiger partial charge in [-0.25, -0.2) is 0 Å². The number of carboxylic acid groups (broad SMARTS) is 1. The van der Waals surface area contributed by atoms with Crippen molar-refractivity contribution in [1.29, 1.82) is 0 Å². The Labute approximate surface area is 140 Å². The summed E-state index contributed by atoms with van der Waals surface area (Å²) in [6.07, 6.45) is 1.14. The van der Waals surface area contributed by atoms with Gasteiger partial charge in [0, 0.05) is 18.3 Å². The summed E-state index contributed by atoms with van der Waals surface area (Å²) in [5, 5.41) is 8.94. The van der Waals surface area contributed by atoms with Crippen LogP contribution in [-0.4, -0.2) is 30.1 Å². The first-order valence-corrected chi connectivity index (χ1v) is 7.63. The second kappa shape index (κ2) is 7.21. The zero-order valence-electron chi connectivity index (χ0n) is 14.2. The third-order valence-electron chi connectivity index (χ3n) is 3.48. The molecule has 128 valence electrons. The molecule has 0 unspecified atom stereocenters. The number of carboxylic acids is 1. The number of carbonyl (C=O) groups is 2. The summed E-state index contributed by atoms with van der Waals surface area (Å²) in [5.74, 6) is -0.469. The lowest BCUT2D eigenvalue weighted by Crippen LogP contribution is -2.27. The molecule has 1 N–H and O–H groups in total. The van der Waals surface area contributed by atoms with Crippen molar-refractivity contribution in [2.24, 2.45) is 0 Å². The predicted molar refractivity (Wildman–Crippen MR) is 89.7 cm³/mol. The summed E-state index contributed by atoms with van der Waals surface area (Å²) in [4.78, 5) is 25.1. The Hall–Kier alpha value is -2.76. The van der Waals surface area contributed by atoms with E-state index < -0.39 is 5.97 Å². The smallest absolute Gasteiger partial charge is 0.311 e. The summed E-state index contributed by atoms with van der Waals surface area (Å²) in [7, 11) is 1.64. The molecule has 0 aliphatic carbocycles. The Bertz CT molecular complexity index is 730. The summed E-state index contributed by atoms with van der Waals surface area (Å²) in [6.45, 7) is 5.60. The zero-order valence-corrected chi connectivity index (χ0v) is 14.2. The minimum Gasteiger partial charge on any atom is -0.491 e. The first-order valence-electron chi connectivity index (χ1n) is 7.63. The molecular formula is C18H21NO5. The van der Waals surface area contributed by atoms with E-state index in [0.29, 0.717) is 16.8 Å². The lowest BCUT2D eigenvalue weighted by atomic mass is 10.1. The van der Waals surface area contributed by atoms with E-state index in [1.807, 2.05) is 13.8 Å². The number of amides is 1. The average Bonchev–Trinajstić information content (AvgIpc) is 2.86. The number of aryl methyl sites for hydroxylation is 1.